The topological polar surface area (TPSA) is 67.6 Å². The lowest BCUT2D eigenvalue weighted by atomic mass is 10.1. The van der Waals surface area contributed by atoms with Crippen molar-refractivity contribution in [1.29, 1.82) is 0 Å². The quantitative estimate of drug-likeness (QED) is 0.665. The van der Waals surface area contributed by atoms with Crippen LogP contribution in [0.3, 0.4) is 0 Å². The Hall–Kier alpha value is -0.810. The summed E-state index contributed by atoms with van der Waals surface area (Å²) in [5.41, 5.74) is -0.187. The molecule has 1 rings (SSSR count). The molecule has 0 spiro atoms. The number of carbonyl (C=O) groups is 1. The van der Waals surface area contributed by atoms with Crippen molar-refractivity contribution in [3.63, 3.8) is 0 Å². The minimum atomic E-state index is -0.187. The monoisotopic (exact) mass is 229 g/mol. The third kappa shape index (κ3) is 4.37. The van der Waals surface area contributed by atoms with Crippen LogP contribution in [0, 0.1) is 0 Å². The summed E-state index contributed by atoms with van der Waals surface area (Å²) in [7, 11) is 0. The van der Waals surface area contributed by atoms with E-state index in [0.29, 0.717) is 6.54 Å². The summed E-state index contributed by atoms with van der Waals surface area (Å²) < 4.78 is 0. The van der Waals surface area contributed by atoms with E-state index in [2.05, 4.69) is 5.32 Å². The molecule has 0 aromatic rings. The largest absolute Gasteiger partial charge is 0.333 e. The van der Waals surface area contributed by atoms with Crippen LogP contribution in [0.4, 0.5) is 4.79 Å². The summed E-state index contributed by atoms with van der Waals surface area (Å²) >= 11 is 0. The Labute approximate surface area is 97.3 Å². The van der Waals surface area contributed by atoms with E-state index in [0.717, 1.165) is 25.8 Å². The van der Waals surface area contributed by atoms with Crippen molar-refractivity contribution in [2.45, 2.75) is 51.7 Å². The molecule has 1 saturated heterocycles. The van der Waals surface area contributed by atoms with Gasteiger partial charge >= 0.3 is 6.03 Å². The van der Waals surface area contributed by atoms with Crippen molar-refractivity contribution < 1.29 is 9.63 Å². The van der Waals surface area contributed by atoms with Crippen LogP contribution in [0.2, 0.25) is 0 Å². The molecule has 0 radical (unpaired) electrons. The molecule has 5 nitrogen and oxygen atoms in total. The van der Waals surface area contributed by atoms with Gasteiger partial charge in [-0.15, -0.1) is 0 Å². The Morgan fingerprint density at radius 3 is 2.62 bits per heavy atom. The van der Waals surface area contributed by atoms with E-state index in [4.69, 9.17) is 10.7 Å². The number of amides is 2. The van der Waals surface area contributed by atoms with E-state index >= 15 is 0 Å². The maximum absolute atomic E-state index is 11.9. The molecular formula is C11H23N3O2. The van der Waals surface area contributed by atoms with E-state index in [1.807, 2.05) is 25.7 Å². The van der Waals surface area contributed by atoms with Crippen LogP contribution >= 0.6 is 0 Å². The molecule has 1 heterocycles. The summed E-state index contributed by atoms with van der Waals surface area (Å²) in [5, 5.41) is 2.96. The molecule has 0 bridgehead atoms. The van der Waals surface area contributed by atoms with Gasteiger partial charge in [0.05, 0.1) is 6.10 Å². The first-order valence-corrected chi connectivity index (χ1v) is 5.85. The summed E-state index contributed by atoms with van der Waals surface area (Å²) in [4.78, 5) is 18.6. The molecule has 1 unspecified atom stereocenters. The van der Waals surface area contributed by atoms with E-state index in [-0.39, 0.29) is 17.7 Å². The highest BCUT2D eigenvalue weighted by molar-refractivity contribution is 5.74. The van der Waals surface area contributed by atoms with E-state index in [1.165, 1.54) is 0 Å². The number of carbonyl (C=O) groups excluding carboxylic acids is 1. The maximum atomic E-state index is 11.9. The first-order chi connectivity index (χ1) is 7.42. The van der Waals surface area contributed by atoms with Crippen molar-refractivity contribution in [2.75, 3.05) is 13.1 Å². The number of nitrogens with zero attached hydrogens (tertiary/aromatic N) is 1. The third-order valence-electron chi connectivity index (χ3n) is 2.64. The van der Waals surface area contributed by atoms with Gasteiger partial charge in [0.15, 0.2) is 0 Å². The highest BCUT2D eigenvalue weighted by atomic mass is 16.6. The summed E-state index contributed by atoms with van der Waals surface area (Å²) in [6.07, 6.45) is 2.77. The van der Waals surface area contributed by atoms with E-state index in [9.17, 15) is 4.79 Å². The van der Waals surface area contributed by atoms with Crippen LogP contribution in [0.1, 0.15) is 40.0 Å². The van der Waals surface area contributed by atoms with Gasteiger partial charge in [-0.25, -0.2) is 10.7 Å². The second kappa shape index (κ2) is 5.50. The van der Waals surface area contributed by atoms with Gasteiger partial charge < -0.3 is 15.1 Å². The maximum Gasteiger partial charge on any atom is 0.317 e. The number of likely N-dealkylation sites (tertiary alicyclic amines) is 1. The molecule has 1 aliphatic heterocycles. The summed E-state index contributed by atoms with van der Waals surface area (Å²) in [5.74, 6) is 5.18. The van der Waals surface area contributed by atoms with Gasteiger partial charge in [0.2, 0.25) is 0 Å². The predicted octanol–water partition coefficient (Wildman–Crippen LogP) is 1.24. The van der Waals surface area contributed by atoms with E-state index in [1.54, 1.807) is 0 Å². The second-order valence-electron chi connectivity index (χ2n) is 5.36. The highest BCUT2D eigenvalue weighted by Gasteiger charge is 2.23. The first kappa shape index (κ1) is 13.3. The Morgan fingerprint density at radius 1 is 1.38 bits per heavy atom. The zero-order valence-electron chi connectivity index (χ0n) is 10.5. The Morgan fingerprint density at radius 2 is 2.06 bits per heavy atom. The SMILES string of the molecule is CC(C)(C)NC(=O)N1CCCC(ON)CC1. The fraction of sp³-hybridized carbons (Fsp3) is 0.909. The van der Waals surface area contributed by atoms with Gasteiger partial charge in [-0.2, -0.15) is 0 Å². The zero-order valence-corrected chi connectivity index (χ0v) is 10.5. The zero-order chi connectivity index (χ0) is 12.2. The average molecular weight is 229 g/mol. The molecular weight excluding hydrogens is 206 g/mol. The minimum Gasteiger partial charge on any atom is -0.333 e. The molecule has 0 saturated carbocycles. The van der Waals surface area contributed by atoms with Crippen LogP contribution in [0.25, 0.3) is 0 Å². The van der Waals surface area contributed by atoms with Crippen LogP contribution < -0.4 is 11.2 Å². The number of hydrogen-bond acceptors (Lipinski definition) is 3. The lowest BCUT2D eigenvalue weighted by Gasteiger charge is -2.27. The van der Waals surface area contributed by atoms with Crippen molar-refractivity contribution in [3.8, 4) is 0 Å². The molecule has 2 amide bonds. The van der Waals surface area contributed by atoms with Gasteiger partial charge in [-0.1, -0.05) is 0 Å². The lowest BCUT2D eigenvalue weighted by molar-refractivity contribution is 0.0439. The summed E-state index contributed by atoms with van der Waals surface area (Å²) in [6, 6.07) is 0.00479. The molecule has 16 heavy (non-hydrogen) atoms. The number of rotatable bonds is 1. The van der Waals surface area contributed by atoms with Crippen LogP contribution in [-0.2, 0) is 4.84 Å². The van der Waals surface area contributed by atoms with Crippen molar-refractivity contribution >= 4 is 6.03 Å². The lowest BCUT2D eigenvalue weighted by Crippen LogP contribution is -2.48. The molecule has 3 N–H and O–H groups in total. The van der Waals surface area contributed by atoms with Crippen molar-refractivity contribution in [3.05, 3.63) is 0 Å². The third-order valence-corrected chi connectivity index (χ3v) is 2.64. The van der Waals surface area contributed by atoms with Gasteiger partial charge in [-0.05, 0) is 40.0 Å². The second-order valence-corrected chi connectivity index (χ2v) is 5.36. The number of nitrogens with two attached hydrogens (primary N) is 1. The van der Waals surface area contributed by atoms with Gasteiger partial charge in [0.25, 0.3) is 0 Å². The molecule has 1 fully saturated rings. The van der Waals surface area contributed by atoms with Crippen molar-refractivity contribution in [1.82, 2.24) is 10.2 Å². The smallest absolute Gasteiger partial charge is 0.317 e. The molecule has 0 aromatic heterocycles. The standard InChI is InChI=1S/C11H23N3O2/c1-11(2,3)13-10(15)14-7-4-5-9(16-12)6-8-14/h9H,4-8,12H2,1-3H3,(H,13,15). The first-order valence-electron chi connectivity index (χ1n) is 5.85. The van der Waals surface area contributed by atoms with Crippen LogP contribution in [0.5, 0.6) is 0 Å². The van der Waals surface area contributed by atoms with Gasteiger partial charge in [0, 0.05) is 18.6 Å². The predicted molar refractivity (Wildman–Crippen MR) is 62.8 cm³/mol. The minimum absolute atomic E-state index is 0.00479. The van der Waals surface area contributed by atoms with Crippen LogP contribution in [0.15, 0.2) is 0 Å². The normalized spacial score (nSPS) is 22.8. The number of urea groups is 1. The fourth-order valence-electron chi connectivity index (χ4n) is 1.80. The molecule has 94 valence electrons. The summed E-state index contributed by atoms with van der Waals surface area (Å²) in [6.45, 7) is 7.43. The molecule has 0 aromatic carbocycles. The Bertz CT molecular complexity index is 238. The highest BCUT2D eigenvalue weighted by Crippen LogP contribution is 2.13. The number of nitrogens with one attached hydrogen (secondary N) is 1. The molecule has 0 aliphatic carbocycles. The molecule has 1 aliphatic rings. The average Bonchev–Trinajstić information content (AvgIpc) is 2.39. The van der Waals surface area contributed by atoms with Gasteiger partial charge in [0.1, 0.15) is 0 Å². The molecule has 1 atom stereocenters. The van der Waals surface area contributed by atoms with Crippen molar-refractivity contribution in [2.24, 2.45) is 5.90 Å². The molecule has 5 heteroatoms. The van der Waals surface area contributed by atoms with E-state index < -0.39 is 0 Å². The fourth-order valence-corrected chi connectivity index (χ4v) is 1.80. The Kier molecular flexibility index (Phi) is 4.56. The number of hydrogen-bond donors (Lipinski definition) is 2. The van der Waals surface area contributed by atoms with Crippen LogP contribution in [-0.4, -0.2) is 35.7 Å². The van der Waals surface area contributed by atoms with Gasteiger partial charge in [-0.3, -0.25) is 0 Å². The Balaban J connectivity index is 2.45.